The molecule has 1 fully saturated rings. The van der Waals surface area contributed by atoms with Crippen molar-refractivity contribution < 1.29 is 14.6 Å². The molecular weight excluding hydrogens is 206 g/mol. The zero-order chi connectivity index (χ0) is 11.5. The normalized spacial score (nSPS) is 16.2. The van der Waals surface area contributed by atoms with Gasteiger partial charge in [-0.3, -0.25) is 0 Å². The molecule has 4 nitrogen and oxygen atoms in total. The first-order valence-electron chi connectivity index (χ1n) is 5.46. The number of aromatic carboxylic acids is 1. The van der Waals surface area contributed by atoms with E-state index in [-0.39, 0.29) is 17.4 Å². The summed E-state index contributed by atoms with van der Waals surface area (Å²) >= 11 is 0. The molecule has 0 radical (unpaired) electrons. The molecule has 0 amide bonds. The summed E-state index contributed by atoms with van der Waals surface area (Å²) in [7, 11) is 0. The Kier molecular flexibility index (Phi) is 2.99. The molecule has 0 saturated heterocycles. The molecule has 3 N–H and O–H groups in total. The number of rotatable bonds is 3. The Hall–Kier alpha value is -1.71. The summed E-state index contributed by atoms with van der Waals surface area (Å²) in [5, 5.41) is 8.82. The fourth-order valence-corrected chi connectivity index (χ4v) is 2.01. The number of carboxylic acids is 1. The monoisotopic (exact) mass is 221 g/mol. The van der Waals surface area contributed by atoms with Gasteiger partial charge in [0.05, 0.1) is 11.7 Å². The summed E-state index contributed by atoms with van der Waals surface area (Å²) in [5.74, 6) is -0.348. The molecule has 0 spiro atoms. The molecule has 1 aliphatic carbocycles. The van der Waals surface area contributed by atoms with Gasteiger partial charge in [-0.15, -0.1) is 0 Å². The first kappa shape index (κ1) is 10.8. The number of carboxylic acid groups (broad SMARTS) is 1. The van der Waals surface area contributed by atoms with Crippen molar-refractivity contribution in [3.63, 3.8) is 0 Å². The van der Waals surface area contributed by atoms with E-state index in [0.29, 0.717) is 5.75 Å². The van der Waals surface area contributed by atoms with Crippen LogP contribution in [-0.4, -0.2) is 17.2 Å². The number of nitrogens with two attached hydrogens (primary N) is 1. The van der Waals surface area contributed by atoms with Crippen molar-refractivity contribution in [2.24, 2.45) is 0 Å². The van der Waals surface area contributed by atoms with Gasteiger partial charge in [0.2, 0.25) is 0 Å². The van der Waals surface area contributed by atoms with Crippen LogP contribution < -0.4 is 10.5 Å². The highest BCUT2D eigenvalue weighted by atomic mass is 16.5. The number of hydrogen-bond donors (Lipinski definition) is 2. The summed E-state index contributed by atoms with van der Waals surface area (Å²) < 4.78 is 5.72. The SMILES string of the molecule is Nc1cc(OC2CCCC2)ccc1C(=O)O. The first-order chi connectivity index (χ1) is 7.66. The molecule has 1 saturated carbocycles. The molecule has 16 heavy (non-hydrogen) atoms. The molecule has 1 aromatic rings. The highest BCUT2D eigenvalue weighted by Crippen LogP contribution is 2.26. The maximum atomic E-state index is 10.8. The van der Waals surface area contributed by atoms with Gasteiger partial charge in [-0.2, -0.15) is 0 Å². The van der Waals surface area contributed by atoms with Crippen molar-refractivity contribution in [3.05, 3.63) is 23.8 Å². The van der Waals surface area contributed by atoms with Crippen LogP contribution in [0.4, 0.5) is 5.69 Å². The number of ether oxygens (including phenoxy) is 1. The zero-order valence-corrected chi connectivity index (χ0v) is 8.98. The van der Waals surface area contributed by atoms with Gasteiger partial charge in [0, 0.05) is 11.8 Å². The molecule has 0 heterocycles. The van der Waals surface area contributed by atoms with Crippen LogP contribution in [0.25, 0.3) is 0 Å². The number of hydrogen-bond acceptors (Lipinski definition) is 3. The number of benzene rings is 1. The number of carbonyl (C=O) groups is 1. The molecule has 4 heteroatoms. The van der Waals surface area contributed by atoms with E-state index < -0.39 is 5.97 Å². The van der Waals surface area contributed by atoms with Crippen LogP contribution in [0.1, 0.15) is 36.0 Å². The zero-order valence-electron chi connectivity index (χ0n) is 8.98. The molecule has 86 valence electrons. The smallest absolute Gasteiger partial charge is 0.337 e. The molecule has 0 atom stereocenters. The third-order valence-corrected chi connectivity index (χ3v) is 2.86. The fraction of sp³-hybridized carbons (Fsp3) is 0.417. The van der Waals surface area contributed by atoms with Gasteiger partial charge in [0.15, 0.2) is 0 Å². The summed E-state index contributed by atoms with van der Waals surface area (Å²) in [5.41, 5.74) is 6.01. The van der Waals surface area contributed by atoms with Gasteiger partial charge in [-0.1, -0.05) is 0 Å². The van der Waals surface area contributed by atoms with Crippen LogP contribution in [0, 0.1) is 0 Å². The average molecular weight is 221 g/mol. The van der Waals surface area contributed by atoms with Crippen LogP contribution >= 0.6 is 0 Å². The Labute approximate surface area is 94.0 Å². The Morgan fingerprint density at radius 1 is 1.38 bits per heavy atom. The molecule has 2 rings (SSSR count). The Balaban J connectivity index is 2.11. The molecule has 1 aromatic carbocycles. The third-order valence-electron chi connectivity index (χ3n) is 2.86. The molecule has 0 aliphatic heterocycles. The van der Waals surface area contributed by atoms with E-state index >= 15 is 0 Å². The van der Waals surface area contributed by atoms with Gasteiger partial charge in [0.1, 0.15) is 5.75 Å². The summed E-state index contributed by atoms with van der Waals surface area (Å²) in [4.78, 5) is 10.8. The van der Waals surface area contributed by atoms with Crippen LogP contribution in [0.15, 0.2) is 18.2 Å². The van der Waals surface area contributed by atoms with Gasteiger partial charge in [-0.25, -0.2) is 4.79 Å². The number of nitrogen functional groups attached to an aromatic ring is 1. The lowest BCUT2D eigenvalue weighted by molar-refractivity contribution is 0.0698. The van der Waals surface area contributed by atoms with Crippen molar-refractivity contribution in [1.82, 2.24) is 0 Å². The number of anilines is 1. The van der Waals surface area contributed by atoms with Gasteiger partial charge >= 0.3 is 5.97 Å². The molecule has 0 unspecified atom stereocenters. The maximum absolute atomic E-state index is 10.8. The van der Waals surface area contributed by atoms with Gasteiger partial charge in [0.25, 0.3) is 0 Å². The second kappa shape index (κ2) is 4.43. The van der Waals surface area contributed by atoms with Gasteiger partial charge in [-0.05, 0) is 37.8 Å². The Morgan fingerprint density at radius 3 is 2.62 bits per heavy atom. The lowest BCUT2D eigenvalue weighted by atomic mass is 10.2. The minimum atomic E-state index is -1.01. The maximum Gasteiger partial charge on any atom is 0.337 e. The van der Waals surface area contributed by atoms with E-state index in [1.165, 1.54) is 18.9 Å². The predicted octanol–water partition coefficient (Wildman–Crippen LogP) is 2.29. The predicted molar refractivity (Wildman–Crippen MR) is 60.7 cm³/mol. The fourth-order valence-electron chi connectivity index (χ4n) is 2.01. The minimum Gasteiger partial charge on any atom is -0.490 e. The van der Waals surface area contributed by atoms with Crippen LogP contribution in [-0.2, 0) is 0 Å². The molecule has 0 bridgehead atoms. The summed E-state index contributed by atoms with van der Waals surface area (Å²) in [6.07, 6.45) is 4.80. The van der Waals surface area contributed by atoms with Crippen molar-refractivity contribution in [3.8, 4) is 5.75 Å². The van der Waals surface area contributed by atoms with Crippen LogP contribution in [0.5, 0.6) is 5.75 Å². The van der Waals surface area contributed by atoms with Crippen molar-refractivity contribution in [2.45, 2.75) is 31.8 Å². The van der Waals surface area contributed by atoms with Gasteiger partial charge < -0.3 is 15.6 Å². The van der Waals surface area contributed by atoms with Crippen LogP contribution in [0.3, 0.4) is 0 Å². The third kappa shape index (κ3) is 2.27. The van der Waals surface area contributed by atoms with E-state index in [9.17, 15) is 4.79 Å². The highest BCUT2D eigenvalue weighted by Gasteiger charge is 2.17. The largest absolute Gasteiger partial charge is 0.490 e. The second-order valence-corrected chi connectivity index (χ2v) is 4.08. The van der Waals surface area contributed by atoms with Crippen LogP contribution in [0.2, 0.25) is 0 Å². The quantitative estimate of drug-likeness (QED) is 0.768. The van der Waals surface area contributed by atoms with Crippen molar-refractivity contribution in [2.75, 3.05) is 5.73 Å². The van der Waals surface area contributed by atoms with E-state index in [2.05, 4.69) is 0 Å². The summed E-state index contributed by atoms with van der Waals surface area (Å²) in [6, 6.07) is 4.74. The molecule has 0 aromatic heterocycles. The first-order valence-corrected chi connectivity index (χ1v) is 5.46. The minimum absolute atomic E-state index is 0.124. The topological polar surface area (TPSA) is 72.5 Å². The van der Waals surface area contributed by atoms with Crippen molar-refractivity contribution >= 4 is 11.7 Å². The Morgan fingerprint density at radius 2 is 2.06 bits per heavy atom. The average Bonchev–Trinajstić information content (AvgIpc) is 2.70. The van der Waals surface area contributed by atoms with E-state index in [0.717, 1.165) is 12.8 Å². The summed E-state index contributed by atoms with van der Waals surface area (Å²) in [6.45, 7) is 0. The van der Waals surface area contributed by atoms with E-state index in [1.54, 1.807) is 12.1 Å². The standard InChI is InChI=1S/C12H15NO3/c13-11-7-9(5-6-10(11)12(14)15)16-8-3-1-2-4-8/h5-8H,1-4,13H2,(H,14,15). The highest BCUT2D eigenvalue weighted by molar-refractivity contribution is 5.93. The lowest BCUT2D eigenvalue weighted by Crippen LogP contribution is -2.11. The van der Waals surface area contributed by atoms with Crippen molar-refractivity contribution in [1.29, 1.82) is 0 Å². The van der Waals surface area contributed by atoms with E-state index in [4.69, 9.17) is 15.6 Å². The molecular formula is C12H15NO3. The van der Waals surface area contributed by atoms with E-state index in [1.807, 2.05) is 0 Å². The molecule has 1 aliphatic rings. The lowest BCUT2D eigenvalue weighted by Gasteiger charge is -2.13. The Bertz CT molecular complexity index is 397. The second-order valence-electron chi connectivity index (χ2n) is 4.08.